The van der Waals surface area contributed by atoms with Gasteiger partial charge in [-0.15, -0.1) is 0 Å². The van der Waals surface area contributed by atoms with E-state index < -0.39 is 11.2 Å². The van der Waals surface area contributed by atoms with Crippen molar-refractivity contribution in [1.82, 2.24) is 0 Å². The molecule has 0 saturated carbocycles. The molecular formula is C13H18Cl2O2. The second-order valence-electron chi connectivity index (χ2n) is 4.87. The molecular weight excluding hydrogens is 259 g/mol. The van der Waals surface area contributed by atoms with Gasteiger partial charge in [0.15, 0.2) is 0 Å². The SMILES string of the molecule is COC(C)(C)C(C)(O)Cc1c(Cl)cccc1Cl. The predicted molar refractivity (Wildman–Crippen MR) is 71.9 cm³/mol. The number of ether oxygens (including phenoxy) is 1. The van der Waals surface area contributed by atoms with Gasteiger partial charge in [0, 0.05) is 23.6 Å². The fourth-order valence-electron chi connectivity index (χ4n) is 1.48. The summed E-state index contributed by atoms with van der Waals surface area (Å²) < 4.78 is 5.32. The van der Waals surface area contributed by atoms with Crippen molar-refractivity contribution in [1.29, 1.82) is 0 Å². The zero-order valence-electron chi connectivity index (χ0n) is 10.6. The number of benzene rings is 1. The lowest BCUT2D eigenvalue weighted by atomic mass is 9.82. The predicted octanol–water partition coefficient (Wildman–Crippen LogP) is 3.71. The molecule has 2 nitrogen and oxygen atoms in total. The number of hydrogen-bond donors (Lipinski definition) is 1. The number of halogens is 2. The third kappa shape index (κ3) is 3.14. The van der Waals surface area contributed by atoms with Crippen LogP contribution in [-0.2, 0) is 11.2 Å². The van der Waals surface area contributed by atoms with Crippen molar-refractivity contribution in [2.45, 2.75) is 38.4 Å². The highest BCUT2D eigenvalue weighted by atomic mass is 35.5. The molecule has 0 fully saturated rings. The first-order valence-corrected chi connectivity index (χ1v) is 6.17. The summed E-state index contributed by atoms with van der Waals surface area (Å²) in [4.78, 5) is 0. The lowest BCUT2D eigenvalue weighted by Crippen LogP contribution is -2.50. The lowest BCUT2D eigenvalue weighted by Gasteiger charge is -2.39. The molecule has 0 radical (unpaired) electrons. The highest BCUT2D eigenvalue weighted by Gasteiger charge is 2.40. The highest BCUT2D eigenvalue weighted by molar-refractivity contribution is 6.36. The summed E-state index contributed by atoms with van der Waals surface area (Å²) in [5.41, 5.74) is -1.00. The van der Waals surface area contributed by atoms with Gasteiger partial charge in [-0.25, -0.2) is 0 Å². The molecule has 1 unspecified atom stereocenters. The molecule has 1 aromatic rings. The van der Waals surface area contributed by atoms with Crippen LogP contribution in [0.4, 0.5) is 0 Å². The van der Waals surface area contributed by atoms with Gasteiger partial charge in [-0.2, -0.15) is 0 Å². The second-order valence-corrected chi connectivity index (χ2v) is 5.68. The first kappa shape index (κ1) is 14.8. The third-order valence-electron chi connectivity index (χ3n) is 3.39. The molecule has 1 aromatic carbocycles. The average Bonchev–Trinajstić information content (AvgIpc) is 2.23. The van der Waals surface area contributed by atoms with Crippen molar-refractivity contribution in [3.8, 4) is 0 Å². The Bertz CT molecular complexity index is 380. The van der Waals surface area contributed by atoms with Gasteiger partial charge in [0.25, 0.3) is 0 Å². The van der Waals surface area contributed by atoms with E-state index in [4.69, 9.17) is 27.9 Å². The molecule has 4 heteroatoms. The zero-order chi connectivity index (χ0) is 13.3. The molecule has 0 bridgehead atoms. The van der Waals surface area contributed by atoms with E-state index in [1.165, 1.54) is 0 Å². The molecule has 0 aliphatic rings. The Morgan fingerprint density at radius 2 is 1.65 bits per heavy atom. The molecule has 0 aliphatic heterocycles. The molecule has 1 atom stereocenters. The first-order chi connectivity index (χ1) is 7.71. The van der Waals surface area contributed by atoms with Crippen molar-refractivity contribution in [2.24, 2.45) is 0 Å². The maximum Gasteiger partial charge on any atom is 0.0943 e. The van der Waals surface area contributed by atoms with E-state index in [0.29, 0.717) is 16.5 Å². The van der Waals surface area contributed by atoms with E-state index >= 15 is 0 Å². The molecule has 0 aromatic heterocycles. The Morgan fingerprint density at radius 1 is 1.18 bits per heavy atom. The molecule has 96 valence electrons. The number of hydrogen-bond acceptors (Lipinski definition) is 2. The topological polar surface area (TPSA) is 29.5 Å². The highest BCUT2D eigenvalue weighted by Crippen LogP contribution is 2.34. The van der Waals surface area contributed by atoms with Crippen LogP contribution >= 0.6 is 23.2 Å². The quantitative estimate of drug-likeness (QED) is 0.909. The van der Waals surface area contributed by atoms with Gasteiger partial charge in [-0.1, -0.05) is 29.3 Å². The average molecular weight is 277 g/mol. The van der Waals surface area contributed by atoms with Gasteiger partial charge in [-0.05, 0) is 38.5 Å². The Labute approximate surface area is 113 Å². The van der Waals surface area contributed by atoms with Crippen LogP contribution in [0, 0.1) is 0 Å². The molecule has 1 rings (SSSR count). The fraction of sp³-hybridized carbons (Fsp3) is 0.538. The number of rotatable bonds is 4. The van der Waals surface area contributed by atoms with Gasteiger partial charge in [0.05, 0.1) is 11.2 Å². The summed E-state index contributed by atoms with van der Waals surface area (Å²) in [6, 6.07) is 5.31. The van der Waals surface area contributed by atoms with E-state index in [-0.39, 0.29) is 0 Å². The van der Waals surface area contributed by atoms with Crippen LogP contribution in [0.5, 0.6) is 0 Å². The minimum Gasteiger partial charge on any atom is -0.387 e. The monoisotopic (exact) mass is 276 g/mol. The van der Waals surface area contributed by atoms with E-state index in [0.717, 1.165) is 5.56 Å². The van der Waals surface area contributed by atoms with E-state index in [1.54, 1.807) is 32.2 Å². The lowest BCUT2D eigenvalue weighted by molar-refractivity contribution is -0.139. The molecule has 0 aliphatic carbocycles. The fourth-order valence-corrected chi connectivity index (χ4v) is 2.01. The Kier molecular flexibility index (Phi) is 4.48. The molecule has 0 heterocycles. The van der Waals surface area contributed by atoms with E-state index in [9.17, 15) is 5.11 Å². The molecule has 0 saturated heterocycles. The van der Waals surface area contributed by atoms with Gasteiger partial charge in [-0.3, -0.25) is 0 Å². The van der Waals surface area contributed by atoms with Crippen LogP contribution in [0.25, 0.3) is 0 Å². The molecule has 1 N–H and O–H groups in total. The van der Waals surface area contributed by atoms with Gasteiger partial charge >= 0.3 is 0 Å². The number of aliphatic hydroxyl groups is 1. The summed E-state index contributed by atoms with van der Waals surface area (Å²) in [5.74, 6) is 0. The van der Waals surface area contributed by atoms with Crippen LogP contribution in [0.3, 0.4) is 0 Å². The largest absolute Gasteiger partial charge is 0.387 e. The third-order valence-corrected chi connectivity index (χ3v) is 4.10. The zero-order valence-corrected chi connectivity index (χ0v) is 12.1. The minimum absolute atomic E-state index is 0.340. The first-order valence-electron chi connectivity index (χ1n) is 5.42. The van der Waals surface area contributed by atoms with Gasteiger partial charge in [0.1, 0.15) is 0 Å². The van der Waals surface area contributed by atoms with Gasteiger partial charge < -0.3 is 9.84 Å². The van der Waals surface area contributed by atoms with Crippen molar-refractivity contribution >= 4 is 23.2 Å². The van der Waals surface area contributed by atoms with Crippen LogP contribution in [0.1, 0.15) is 26.3 Å². The Balaban J connectivity index is 3.06. The van der Waals surface area contributed by atoms with E-state index in [1.807, 2.05) is 13.8 Å². The summed E-state index contributed by atoms with van der Waals surface area (Å²) >= 11 is 12.2. The Hall–Kier alpha value is -0.280. The van der Waals surface area contributed by atoms with Crippen molar-refractivity contribution in [3.05, 3.63) is 33.8 Å². The van der Waals surface area contributed by atoms with Gasteiger partial charge in [0.2, 0.25) is 0 Å². The minimum atomic E-state index is -1.06. The van der Waals surface area contributed by atoms with Crippen molar-refractivity contribution < 1.29 is 9.84 Å². The van der Waals surface area contributed by atoms with Crippen LogP contribution in [-0.4, -0.2) is 23.4 Å². The van der Waals surface area contributed by atoms with E-state index in [2.05, 4.69) is 0 Å². The summed E-state index contributed by atoms with van der Waals surface area (Å²) in [6.07, 6.45) is 0.340. The van der Waals surface area contributed by atoms with Crippen LogP contribution < -0.4 is 0 Å². The second kappa shape index (κ2) is 5.15. The van der Waals surface area contributed by atoms with Crippen molar-refractivity contribution in [2.75, 3.05) is 7.11 Å². The summed E-state index contributed by atoms with van der Waals surface area (Å²) in [6.45, 7) is 5.38. The normalized spacial score (nSPS) is 15.7. The van der Waals surface area contributed by atoms with Crippen molar-refractivity contribution in [3.63, 3.8) is 0 Å². The molecule has 0 amide bonds. The molecule has 0 spiro atoms. The Morgan fingerprint density at radius 3 is 2.06 bits per heavy atom. The van der Waals surface area contributed by atoms with Crippen LogP contribution in [0.2, 0.25) is 10.0 Å². The maximum absolute atomic E-state index is 10.5. The smallest absolute Gasteiger partial charge is 0.0943 e. The molecule has 17 heavy (non-hydrogen) atoms. The summed E-state index contributed by atoms with van der Waals surface area (Å²) in [5, 5.41) is 11.6. The standard InChI is InChI=1S/C13H18Cl2O2/c1-12(2,17-4)13(3,16)8-9-10(14)6-5-7-11(9)15/h5-7,16H,8H2,1-4H3. The number of methoxy groups -OCH3 is 1. The summed E-state index contributed by atoms with van der Waals surface area (Å²) in [7, 11) is 1.57. The van der Waals surface area contributed by atoms with Crippen LogP contribution in [0.15, 0.2) is 18.2 Å². The maximum atomic E-state index is 10.5.